The smallest absolute Gasteiger partial charge is 0.277 e. The maximum atomic E-state index is 11.8. The van der Waals surface area contributed by atoms with Gasteiger partial charge in [0.1, 0.15) is 0 Å². The molecule has 0 saturated heterocycles. The van der Waals surface area contributed by atoms with E-state index in [0.717, 1.165) is 5.56 Å². The number of nitrogens with zero attached hydrogens (tertiary/aromatic N) is 4. The molecule has 0 N–H and O–H groups in total. The molecule has 0 unspecified atom stereocenters. The summed E-state index contributed by atoms with van der Waals surface area (Å²) in [6.07, 6.45) is 0.325. The van der Waals surface area contributed by atoms with Gasteiger partial charge < -0.3 is 9.32 Å². The van der Waals surface area contributed by atoms with Crippen molar-refractivity contribution in [1.82, 2.24) is 15.1 Å². The van der Waals surface area contributed by atoms with E-state index < -0.39 is 0 Å². The van der Waals surface area contributed by atoms with Crippen LogP contribution < -0.4 is 0 Å². The first-order valence-electron chi connectivity index (χ1n) is 6.33. The molecular formula is C14H14N4O2S. The third-order valence-electron chi connectivity index (χ3n) is 2.73. The second-order valence-corrected chi connectivity index (χ2v) is 5.18. The molecule has 6 nitrogen and oxygen atoms in total. The minimum atomic E-state index is -0.0743. The highest BCUT2D eigenvalue weighted by molar-refractivity contribution is 7.99. The standard InChI is InChI=1S/C14H14N4O2S/c1-18(9-5-8-15)12(19)10-21-14-17-16-13(20-14)11-6-3-2-4-7-11/h2-4,6-7H,5,9-10H2,1H3. The Labute approximate surface area is 126 Å². The van der Waals surface area contributed by atoms with Gasteiger partial charge in [-0.15, -0.1) is 10.2 Å². The highest BCUT2D eigenvalue weighted by atomic mass is 32.2. The molecule has 2 aromatic rings. The summed E-state index contributed by atoms with van der Waals surface area (Å²) < 4.78 is 5.50. The highest BCUT2D eigenvalue weighted by Crippen LogP contribution is 2.22. The molecule has 2 rings (SSSR count). The number of aromatic nitrogens is 2. The van der Waals surface area contributed by atoms with Gasteiger partial charge in [-0.3, -0.25) is 4.79 Å². The summed E-state index contributed by atoms with van der Waals surface area (Å²) in [4.78, 5) is 13.3. The second-order valence-electron chi connectivity index (χ2n) is 4.25. The summed E-state index contributed by atoms with van der Waals surface area (Å²) in [6, 6.07) is 11.4. The van der Waals surface area contributed by atoms with Crippen LogP contribution in [0, 0.1) is 11.3 Å². The number of rotatable bonds is 6. The Bertz CT molecular complexity index is 636. The van der Waals surface area contributed by atoms with Crippen molar-refractivity contribution in [2.45, 2.75) is 11.6 Å². The fraction of sp³-hybridized carbons (Fsp3) is 0.286. The fourth-order valence-corrected chi connectivity index (χ4v) is 2.25. The van der Waals surface area contributed by atoms with Crippen LogP contribution >= 0.6 is 11.8 Å². The van der Waals surface area contributed by atoms with Crippen LogP contribution in [-0.2, 0) is 4.79 Å². The zero-order chi connectivity index (χ0) is 15.1. The van der Waals surface area contributed by atoms with E-state index >= 15 is 0 Å². The van der Waals surface area contributed by atoms with Gasteiger partial charge >= 0.3 is 0 Å². The van der Waals surface area contributed by atoms with E-state index in [1.165, 1.54) is 16.7 Å². The Balaban J connectivity index is 1.89. The molecule has 0 aliphatic heterocycles. The molecule has 0 aliphatic carbocycles. The predicted octanol–water partition coefficient (Wildman–Crippen LogP) is 2.20. The van der Waals surface area contributed by atoms with Crippen LogP contribution in [0.3, 0.4) is 0 Å². The van der Waals surface area contributed by atoms with Gasteiger partial charge in [0.25, 0.3) is 5.22 Å². The number of amides is 1. The van der Waals surface area contributed by atoms with E-state index in [0.29, 0.717) is 24.1 Å². The van der Waals surface area contributed by atoms with E-state index in [1.807, 2.05) is 36.4 Å². The largest absolute Gasteiger partial charge is 0.411 e. The minimum Gasteiger partial charge on any atom is -0.411 e. The molecule has 21 heavy (non-hydrogen) atoms. The van der Waals surface area contributed by atoms with Crippen molar-refractivity contribution >= 4 is 17.7 Å². The summed E-state index contributed by atoms with van der Waals surface area (Å²) in [5, 5.41) is 16.7. The zero-order valence-corrected chi connectivity index (χ0v) is 12.3. The van der Waals surface area contributed by atoms with Gasteiger partial charge in [-0.05, 0) is 12.1 Å². The molecular weight excluding hydrogens is 288 g/mol. The Hall–Kier alpha value is -2.33. The number of thioether (sulfide) groups is 1. The highest BCUT2D eigenvalue weighted by Gasteiger charge is 2.13. The van der Waals surface area contributed by atoms with E-state index in [9.17, 15) is 4.79 Å². The first-order valence-corrected chi connectivity index (χ1v) is 7.32. The molecule has 1 aromatic heterocycles. The maximum Gasteiger partial charge on any atom is 0.277 e. The van der Waals surface area contributed by atoms with Gasteiger partial charge in [-0.25, -0.2) is 0 Å². The average Bonchev–Trinajstić information content (AvgIpc) is 3.00. The normalized spacial score (nSPS) is 10.1. The topological polar surface area (TPSA) is 83.0 Å². The molecule has 1 amide bonds. The number of hydrogen-bond acceptors (Lipinski definition) is 6. The maximum absolute atomic E-state index is 11.8. The first-order chi connectivity index (χ1) is 10.2. The summed E-state index contributed by atoms with van der Waals surface area (Å²) in [5.74, 6) is 0.566. The third kappa shape index (κ3) is 4.33. The zero-order valence-electron chi connectivity index (χ0n) is 11.5. The van der Waals surface area contributed by atoms with Gasteiger partial charge in [0.2, 0.25) is 11.8 Å². The van der Waals surface area contributed by atoms with Gasteiger partial charge in [0.15, 0.2) is 0 Å². The third-order valence-corrected chi connectivity index (χ3v) is 3.53. The predicted molar refractivity (Wildman–Crippen MR) is 78.3 cm³/mol. The Morgan fingerprint density at radius 2 is 2.14 bits per heavy atom. The molecule has 1 aromatic carbocycles. The van der Waals surface area contributed by atoms with Crippen molar-refractivity contribution in [3.05, 3.63) is 30.3 Å². The number of carbonyl (C=O) groups is 1. The van der Waals surface area contributed by atoms with Crippen molar-refractivity contribution in [3.63, 3.8) is 0 Å². The van der Waals surface area contributed by atoms with E-state index in [4.69, 9.17) is 9.68 Å². The Morgan fingerprint density at radius 1 is 1.38 bits per heavy atom. The average molecular weight is 302 g/mol. The molecule has 0 atom stereocenters. The van der Waals surface area contributed by atoms with Crippen LogP contribution in [0.2, 0.25) is 0 Å². The number of nitriles is 1. The number of carbonyl (C=O) groups excluding carboxylic acids is 1. The second kappa shape index (κ2) is 7.45. The molecule has 108 valence electrons. The molecule has 0 aliphatic rings. The Morgan fingerprint density at radius 3 is 2.86 bits per heavy atom. The summed E-state index contributed by atoms with van der Waals surface area (Å²) in [6.45, 7) is 0.426. The Kier molecular flexibility index (Phi) is 5.35. The lowest BCUT2D eigenvalue weighted by atomic mass is 10.2. The quantitative estimate of drug-likeness (QED) is 0.761. The lowest BCUT2D eigenvalue weighted by molar-refractivity contribution is -0.127. The van der Waals surface area contributed by atoms with Crippen molar-refractivity contribution < 1.29 is 9.21 Å². The molecule has 0 saturated carbocycles. The van der Waals surface area contributed by atoms with E-state index in [-0.39, 0.29) is 11.7 Å². The van der Waals surface area contributed by atoms with Gasteiger partial charge in [-0.2, -0.15) is 5.26 Å². The van der Waals surface area contributed by atoms with Crippen LogP contribution in [0.4, 0.5) is 0 Å². The van der Waals surface area contributed by atoms with Gasteiger partial charge in [0, 0.05) is 19.2 Å². The molecule has 0 spiro atoms. The van der Waals surface area contributed by atoms with Crippen molar-refractivity contribution in [1.29, 1.82) is 5.26 Å². The monoisotopic (exact) mass is 302 g/mol. The summed E-state index contributed by atoms with van der Waals surface area (Å²) in [5.41, 5.74) is 0.842. The fourth-order valence-electron chi connectivity index (χ4n) is 1.54. The van der Waals surface area contributed by atoms with Crippen molar-refractivity contribution in [3.8, 4) is 17.5 Å². The van der Waals surface area contributed by atoms with Crippen LogP contribution in [0.1, 0.15) is 6.42 Å². The lowest BCUT2D eigenvalue weighted by Crippen LogP contribution is -2.29. The number of benzene rings is 1. The summed E-state index contributed by atoms with van der Waals surface area (Å²) in [7, 11) is 1.67. The molecule has 7 heteroatoms. The van der Waals surface area contributed by atoms with Crippen molar-refractivity contribution in [2.24, 2.45) is 0 Å². The van der Waals surface area contributed by atoms with Crippen LogP contribution in [-0.4, -0.2) is 40.3 Å². The van der Waals surface area contributed by atoms with Gasteiger partial charge in [-0.1, -0.05) is 30.0 Å². The molecule has 0 fully saturated rings. The van der Waals surface area contributed by atoms with E-state index in [1.54, 1.807) is 7.05 Å². The van der Waals surface area contributed by atoms with Crippen LogP contribution in [0.25, 0.3) is 11.5 Å². The molecule has 0 radical (unpaired) electrons. The first kappa shape index (κ1) is 15.1. The lowest BCUT2D eigenvalue weighted by Gasteiger charge is -2.13. The minimum absolute atomic E-state index is 0.0743. The van der Waals surface area contributed by atoms with E-state index in [2.05, 4.69) is 10.2 Å². The number of hydrogen-bond donors (Lipinski definition) is 0. The summed E-state index contributed by atoms with van der Waals surface area (Å²) >= 11 is 1.19. The van der Waals surface area contributed by atoms with Gasteiger partial charge in [0.05, 0.1) is 18.2 Å². The molecule has 0 bridgehead atoms. The molecule has 1 heterocycles. The van der Waals surface area contributed by atoms with Crippen molar-refractivity contribution in [2.75, 3.05) is 19.3 Å². The SMILES string of the molecule is CN(CCC#N)C(=O)CSc1nnc(-c2ccccc2)o1. The van der Waals surface area contributed by atoms with Crippen LogP contribution in [0.5, 0.6) is 0 Å². The van der Waals surface area contributed by atoms with Crippen LogP contribution in [0.15, 0.2) is 40.0 Å².